The van der Waals surface area contributed by atoms with E-state index in [1.807, 2.05) is 44.2 Å². The van der Waals surface area contributed by atoms with Crippen LogP contribution in [0.1, 0.15) is 175 Å². The molecule has 5 aromatic carbocycles. The fourth-order valence-electron chi connectivity index (χ4n) is 6.14. The zero-order valence-corrected chi connectivity index (χ0v) is 42.4. The van der Waals surface area contributed by atoms with Gasteiger partial charge in [-0.15, -0.1) is 0 Å². The van der Waals surface area contributed by atoms with Gasteiger partial charge >= 0.3 is 0 Å². The SMILES string of the molecule is CCC(C)(C)c1cc(C)c(O)c(C)c1.CCC(C)(C)c1cc(O)cc(O)c1.CCC(C)(C)c1ccc(O)c(O)c1.CCC(C)(C)c1ccc(O)cc1.CCC(C)(C)c1cccc(O)c1. The molecule has 0 spiro atoms. The van der Waals surface area contributed by atoms with E-state index in [0.29, 0.717) is 17.2 Å². The van der Waals surface area contributed by atoms with E-state index < -0.39 is 0 Å². The molecule has 0 unspecified atom stereocenters. The Hall–Kier alpha value is -5.30. The van der Waals surface area contributed by atoms with Crippen molar-refractivity contribution in [2.75, 3.05) is 0 Å². The minimum Gasteiger partial charge on any atom is -0.508 e. The van der Waals surface area contributed by atoms with E-state index in [1.165, 1.54) is 28.8 Å². The zero-order valence-electron chi connectivity index (χ0n) is 42.4. The molecule has 0 bridgehead atoms. The average Bonchev–Trinajstić information content (AvgIpc) is 3.24. The molecule has 5 aromatic rings. The molecule has 0 atom stereocenters. The normalized spacial score (nSPS) is 11.6. The Kier molecular flexibility index (Phi) is 21.4. The van der Waals surface area contributed by atoms with Gasteiger partial charge in [0.1, 0.15) is 28.7 Å². The number of aryl methyl sites for hydroxylation is 2. The topological polar surface area (TPSA) is 142 Å². The van der Waals surface area contributed by atoms with Crippen molar-refractivity contribution in [1.82, 2.24) is 0 Å². The lowest BCUT2D eigenvalue weighted by Gasteiger charge is -2.24. The summed E-state index contributed by atoms with van der Waals surface area (Å²) in [6.07, 6.45) is 5.26. The summed E-state index contributed by atoms with van der Waals surface area (Å²) >= 11 is 0. The quantitative estimate of drug-likeness (QED) is 0.0693. The lowest BCUT2D eigenvalue weighted by atomic mass is 9.81. The molecule has 64 heavy (non-hydrogen) atoms. The molecule has 7 heteroatoms. The smallest absolute Gasteiger partial charge is 0.157 e. The van der Waals surface area contributed by atoms with Crippen molar-refractivity contribution in [3.63, 3.8) is 0 Å². The van der Waals surface area contributed by atoms with Gasteiger partial charge in [-0.25, -0.2) is 0 Å². The number of hydrogen-bond acceptors (Lipinski definition) is 7. The Balaban J connectivity index is 0.000000400. The number of benzene rings is 5. The maximum absolute atomic E-state index is 9.67. The van der Waals surface area contributed by atoms with Crippen LogP contribution >= 0.6 is 0 Å². The Morgan fingerprint density at radius 1 is 0.312 bits per heavy atom. The first-order valence-corrected chi connectivity index (χ1v) is 22.9. The molecule has 0 saturated heterocycles. The van der Waals surface area contributed by atoms with E-state index in [1.54, 1.807) is 36.4 Å². The third-order valence-corrected chi connectivity index (χ3v) is 13.4. The predicted molar refractivity (Wildman–Crippen MR) is 270 cm³/mol. The molecule has 0 radical (unpaired) electrons. The lowest BCUT2D eigenvalue weighted by molar-refractivity contribution is 0.400. The van der Waals surface area contributed by atoms with E-state index in [9.17, 15) is 25.5 Å². The fourth-order valence-corrected chi connectivity index (χ4v) is 6.14. The second-order valence-corrected chi connectivity index (χ2v) is 20.2. The monoisotopic (exact) mass is 881 g/mol. The van der Waals surface area contributed by atoms with Crippen molar-refractivity contribution >= 4 is 0 Å². The fraction of sp³-hybridized carbons (Fsp3) is 0.474. The van der Waals surface area contributed by atoms with Crippen LogP contribution < -0.4 is 0 Å². The van der Waals surface area contributed by atoms with Gasteiger partial charge in [-0.3, -0.25) is 0 Å². The molecule has 0 saturated carbocycles. The van der Waals surface area contributed by atoms with E-state index in [-0.39, 0.29) is 50.1 Å². The minimum atomic E-state index is -0.0596. The minimum absolute atomic E-state index is 0.00375. The van der Waals surface area contributed by atoms with E-state index >= 15 is 0 Å². The van der Waals surface area contributed by atoms with Crippen LogP contribution in [0.4, 0.5) is 0 Å². The zero-order chi connectivity index (χ0) is 49.4. The van der Waals surface area contributed by atoms with Crippen LogP contribution in [0.25, 0.3) is 0 Å². The third kappa shape index (κ3) is 17.3. The number of phenolic OH excluding ortho intramolecular Hbond substituents is 7. The number of phenols is 7. The van der Waals surface area contributed by atoms with Crippen molar-refractivity contribution in [2.24, 2.45) is 0 Å². The molecule has 0 aromatic heterocycles. The highest BCUT2D eigenvalue weighted by Crippen LogP contribution is 2.35. The molecule has 7 nitrogen and oxygen atoms in total. The highest BCUT2D eigenvalue weighted by atomic mass is 16.3. The summed E-state index contributed by atoms with van der Waals surface area (Å²) < 4.78 is 0. The Bertz CT molecular complexity index is 2130. The van der Waals surface area contributed by atoms with Crippen molar-refractivity contribution in [3.05, 3.63) is 136 Å². The van der Waals surface area contributed by atoms with Gasteiger partial charge in [-0.05, 0) is 161 Å². The largest absolute Gasteiger partial charge is 0.508 e. The van der Waals surface area contributed by atoms with Gasteiger partial charge in [-0.1, -0.05) is 146 Å². The maximum Gasteiger partial charge on any atom is 0.157 e. The number of aromatic hydroxyl groups is 7. The number of rotatable bonds is 10. The second-order valence-electron chi connectivity index (χ2n) is 20.2. The first kappa shape index (κ1) is 56.7. The summed E-state index contributed by atoms with van der Waals surface area (Å²) in [5.41, 5.74) is 8.37. The molecule has 0 amide bonds. The van der Waals surface area contributed by atoms with Crippen molar-refractivity contribution in [1.29, 1.82) is 0 Å². The van der Waals surface area contributed by atoms with Crippen LogP contribution in [0.2, 0.25) is 0 Å². The second kappa shape index (κ2) is 24.1. The summed E-state index contributed by atoms with van der Waals surface area (Å²) in [5, 5.41) is 65.1. The average molecular weight is 881 g/mol. The van der Waals surface area contributed by atoms with Crippen LogP contribution in [-0.4, -0.2) is 35.7 Å². The molecule has 0 aliphatic carbocycles. The van der Waals surface area contributed by atoms with Crippen LogP contribution in [0, 0.1) is 13.8 Å². The summed E-state index contributed by atoms with van der Waals surface area (Å²) in [4.78, 5) is 0. The van der Waals surface area contributed by atoms with Crippen LogP contribution in [0.5, 0.6) is 40.2 Å². The molecule has 5 rings (SSSR count). The third-order valence-electron chi connectivity index (χ3n) is 13.4. The molecule has 0 heterocycles. The summed E-state index contributed by atoms with van der Waals surface area (Å²) in [6, 6.07) is 28.9. The van der Waals surface area contributed by atoms with Gasteiger partial charge in [0.25, 0.3) is 0 Å². The molecular formula is C57H84O7. The molecule has 0 aliphatic rings. The predicted octanol–water partition coefficient (Wildman–Crippen LogP) is 15.4. The van der Waals surface area contributed by atoms with Gasteiger partial charge in [0, 0.05) is 6.07 Å². The van der Waals surface area contributed by atoms with Crippen molar-refractivity contribution < 1.29 is 35.7 Å². The van der Waals surface area contributed by atoms with Crippen molar-refractivity contribution in [2.45, 2.75) is 177 Å². The highest BCUT2D eigenvalue weighted by molar-refractivity contribution is 5.45. The van der Waals surface area contributed by atoms with Crippen LogP contribution in [-0.2, 0) is 27.1 Å². The molecule has 0 fully saturated rings. The first-order valence-electron chi connectivity index (χ1n) is 22.9. The molecule has 354 valence electrons. The van der Waals surface area contributed by atoms with Gasteiger partial charge in [0.2, 0.25) is 0 Å². The van der Waals surface area contributed by atoms with E-state index in [0.717, 1.165) is 54.4 Å². The highest BCUT2D eigenvalue weighted by Gasteiger charge is 2.22. The summed E-state index contributed by atoms with van der Waals surface area (Å²) in [7, 11) is 0. The van der Waals surface area contributed by atoms with E-state index in [2.05, 4.69) is 122 Å². The van der Waals surface area contributed by atoms with Crippen molar-refractivity contribution in [3.8, 4) is 40.2 Å². The van der Waals surface area contributed by atoms with Gasteiger partial charge in [0.15, 0.2) is 11.5 Å². The van der Waals surface area contributed by atoms with Gasteiger partial charge in [-0.2, -0.15) is 0 Å². The lowest BCUT2D eigenvalue weighted by Crippen LogP contribution is -2.15. The molecule has 0 aliphatic heterocycles. The Labute approximate surface area is 387 Å². The standard InChI is InChI=1S/C13H20O.2C11H16O2.2C11H16O/c1-6-13(4,5)11-7-9(2)12(14)10(3)8-11;1-4-11(2,3)8-5-9(12)7-10(13)6-8;1-4-11(2,3)8-5-6-9(12)10(13)7-8;1-4-11(2,3)9-5-7-10(12)8-6-9;1-4-11(2,3)9-6-5-7-10(12)8-9/h7-8,14H,6H2,1-5H3;2*5-7,12-13H,4H2,1-3H3;2*5-8,12H,4H2,1-3H3. The Morgan fingerprint density at radius 2 is 0.656 bits per heavy atom. The number of hydrogen-bond donors (Lipinski definition) is 7. The molecular weight excluding hydrogens is 797 g/mol. The summed E-state index contributed by atoms with van der Waals surface area (Å²) in [5.74, 6) is 1.27. The van der Waals surface area contributed by atoms with Crippen LogP contribution in [0.3, 0.4) is 0 Å². The van der Waals surface area contributed by atoms with Gasteiger partial charge in [0.05, 0.1) is 0 Å². The first-order chi connectivity index (χ1) is 29.4. The van der Waals surface area contributed by atoms with E-state index in [4.69, 9.17) is 10.2 Å². The molecule has 7 N–H and O–H groups in total. The van der Waals surface area contributed by atoms with Gasteiger partial charge < -0.3 is 35.7 Å². The maximum atomic E-state index is 9.67. The van der Waals surface area contributed by atoms with Crippen LogP contribution in [0.15, 0.2) is 97.1 Å². The Morgan fingerprint density at radius 3 is 1.05 bits per heavy atom. The summed E-state index contributed by atoms with van der Waals surface area (Å²) in [6.45, 7) is 36.3.